The number of hydrogen-bond acceptors (Lipinski definition) is 3. The molecule has 0 aliphatic carbocycles. The van der Waals surface area contributed by atoms with Crippen molar-refractivity contribution in [2.75, 3.05) is 6.61 Å². The van der Waals surface area contributed by atoms with Crippen molar-refractivity contribution in [2.24, 2.45) is 0 Å². The van der Waals surface area contributed by atoms with Crippen LogP contribution in [0.1, 0.15) is 12.6 Å². The molecule has 0 amide bonds. The van der Waals surface area contributed by atoms with Crippen LogP contribution in [0.4, 0.5) is 0 Å². The van der Waals surface area contributed by atoms with Gasteiger partial charge in [0.25, 0.3) is 0 Å². The average molecular weight is 159 g/mol. The van der Waals surface area contributed by atoms with E-state index in [0.29, 0.717) is 11.7 Å². The lowest BCUT2D eigenvalue weighted by atomic mass is 10.5. The molecule has 0 unspecified atom stereocenters. The topological polar surface area (TPSA) is 42.1 Å². The Morgan fingerprint density at radius 2 is 2.40 bits per heavy atom. The van der Waals surface area contributed by atoms with Gasteiger partial charge in [0.1, 0.15) is 0 Å². The van der Waals surface area contributed by atoms with E-state index in [9.17, 15) is 4.79 Å². The van der Waals surface area contributed by atoms with E-state index >= 15 is 0 Å². The monoisotopic (exact) mass is 159 g/mol. The Kier molecular flexibility index (Phi) is 2.11. The zero-order chi connectivity index (χ0) is 7.56. The van der Waals surface area contributed by atoms with Gasteiger partial charge in [-0.2, -0.15) is 0 Å². The second kappa shape index (κ2) is 2.88. The summed E-state index contributed by atoms with van der Waals surface area (Å²) in [5, 5.41) is 0.701. The highest BCUT2D eigenvalue weighted by atomic mass is 32.1. The van der Waals surface area contributed by atoms with Crippen molar-refractivity contribution in [1.29, 1.82) is 0 Å². The summed E-state index contributed by atoms with van der Waals surface area (Å²) in [5.41, 5.74) is 0.817. The van der Waals surface area contributed by atoms with Crippen molar-refractivity contribution in [3.63, 3.8) is 0 Å². The number of thiazole rings is 1. The highest BCUT2D eigenvalue weighted by Crippen LogP contribution is 2.17. The molecule has 3 nitrogen and oxygen atoms in total. The number of H-pyrrole nitrogens is 1. The van der Waals surface area contributed by atoms with E-state index < -0.39 is 0 Å². The molecule has 0 spiro atoms. The number of nitrogens with one attached hydrogen (secondary N) is 1. The highest BCUT2D eigenvalue weighted by molar-refractivity contribution is 7.11. The number of ether oxygens (including phenoxy) is 1. The van der Waals surface area contributed by atoms with Crippen LogP contribution in [0.2, 0.25) is 0 Å². The SMILES string of the molecule is CCOc1sc(=O)[nH]c1C. The molecular formula is C6H9NO2S. The molecule has 0 radical (unpaired) electrons. The molecule has 0 atom stereocenters. The minimum atomic E-state index is -0.0547. The van der Waals surface area contributed by atoms with Gasteiger partial charge in [0.05, 0.1) is 12.3 Å². The number of rotatable bonds is 2. The molecule has 0 aliphatic rings. The Balaban J connectivity index is 2.92. The van der Waals surface area contributed by atoms with Gasteiger partial charge in [-0.1, -0.05) is 0 Å². The summed E-state index contributed by atoms with van der Waals surface area (Å²) in [7, 11) is 0. The van der Waals surface area contributed by atoms with E-state index in [0.717, 1.165) is 17.0 Å². The third-order valence-electron chi connectivity index (χ3n) is 1.06. The van der Waals surface area contributed by atoms with Crippen molar-refractivity contribution < 1.29 is 4.74 Å². The van der Waals surface area contributed by atoms with Gasteiger partial charge in [-0.25, -0.2) is 0 Å². The first-order chi connectivity index (χ1) is 4.74. The number of hydrogen-bond donors (Lipinski definition) is 1. The fourth-order valence-electron chi connectivity index (χ4n) is 0.659. The van der Waals surface area contributed by atoms with Crippen molar-refractivity contribution >= 4 is 11.3 Å². The van der Waals surface area contributed by atoms with E-state index in [1.165, 1.54) is 0 Å². The van der Waals surface area contributed by atoms with Gasteiger partial charge < -0.3 is 9.72 Å². The van der Waals surface area contributed by atoms with Gasteiger partial charge in [0, 0.05) is 0 Å². The fourth-order valence-corrected chi connectivity index (χ4v) is 1.41. The molecule has 0 aromatic carbocycles. The first-order valence-corrected chi connectivity index (χ1v) is 3.88. The first kappa shape index (κ1) is 7.34. The lowest BCUT2D eigenvalue weighted by Crippen LogP contribution is -1.91. The lowest BCUT2D eigenvalue weighted by Gasteiger charge is -1.96. The summed E-state index contributed by atoms with van der Waals surface area (Å²) in [5.74, 6) is 0. The van der Waals surface area contributed by atoms with Crippen LogP contribution in [0.25, 0.3) is 0 Å². The average Bonchev–Trinajstić information content (AvgIpc) is 2.13. The highest BCUT2D eigenvalue weighted by Gasteiger charge is 2.01. The Hall–Kier alpha value is -0.770. The standard InChI is InChI=1S/C6H9NO2S/c1-3-9-5-4(2)7-6(8)10-5/h3H2,1-2H3,(H,7,8). The minimum Gasteiger partial charge on any atom is -0.483 e. The summed E-state index contributed by atoms with van der Waals surface area (Å²) in [6.07, 6.45) is 0. The van der Waals surface area contributed by atoms with Gasteiger partial charge in [0.2, 0.25) is 0 Å². The van der Waals surface area contributed by atoms with Crippen LogP contribution < -0.4 is 9.61 Å². The quantitative estimate of drug-likeness (QED) is 0.703. The second-order valence-electron chi connectivity index (χ2n) is 1.86. The van der Waals surface area contributed by atoms with Crippen molar-refractivity contribution in [3.05, 3.63) is 15.4 Å². The van der Waals surface area contributed by atoms with Gasteiger partial charge >= 0.3 is 4.87 Å². The van der Waals surface area contributed by atoms with Crippen molar-refractivity contribution in [1.82, 2.24) is 4.98 Å². The van der Waals surface area contributed by atoms with Gasteiger partial charge in [0.15, 0.2) is 5.06 Å². The maximum atomic E-state index is 10.7. The number of aromatic amines is 1. The maximum Gasteiger partial charge on any atom is 0.308 e. The Labute approximate surface area is 62.7 Å². The zero-order valence-corrected chi connectivity index (χ0v) is 6.75. The summed E-state index contributed by atoms with van der Waals surface area (Å²) >= 11 is 1.11. The molecule has 1 aromatic heterocycles. The van der Waals surface area contributed by atoms with Gasteiger partial charge in [-0.3, -0.25) is 4.79 Å². The third kappa shape index (κ3) is 1.39. The second-order valence-corrected chi connectivity index (χ2v) is 2.81. The molecule has 1 heterocycles. The van der Waals surface area contributed by atoms with Gasteiger partial charge in [-0.05, 0) is 25.2 Å². The zero-order valence-electron chi connectivity index (χ0n) is 5.93. The molecule has 10 heavy (non-hydrogen) atoms. The van der Waals surface area contributed by atoms with Crippen LogP contribution in [-0.2, 0) is 0 Å². The van der Waals surface area contributed by atoms with Crippen LogP contribution in [0.5, 0.6) is 5.06 Å². The Morgan fingerprint density at radius 1 is 1.70 bits per heavy atom. The van der Waals surface area contributed by atoms with Crippen LogP contribution >= 0.6 is 11.3 Å². The Bertz CT molecular complexity index is 263. The predicted molar refractivity (Wildman–Crippen MR) is 40.8 cm³/mol. The maximum absolute atomic E-state index is 10.7. The molecular weight excluding hydrogens is 150 g/mol. The molecule has 56 valence electrons. The fraction of sp³-hybridized carbons (Fsp3) is 0.500. The summed E-state index contributed by atoms with van der Waals surface area (Å²) in [4.78, 5) is 13.2. The largest absolute Gasteiger partial charge is 0.483 e. The molecule has 1 N–H and O–H groups in total. The van der Waals surface area contributed by atoms with E-state index in [4.69, 9.17) is 4.74 Å². The summed E-state index contributed by atoms with van der Waals surface area (Å²) in [6.45, 7) is 4.32. The number of aryl methyl sites for hydroxylation is 1. The number of aromatic nitrogens is 1. The molecule has 1 aromatic rings. The van der Waals surface area contributed by atoms with Crippen LogP contribution in [0, 0.1) is 6.92 Å². The van der Waals surface area contributed by atoms with Crippen LogP contribution in [0.3, 0.4) is 0 Å². The first-order valence-electron chi connectivity index (χ1n) is 3.06. The smallest absolute Gasteiger partial charge is 0.308 e. The molecule has 0 saturated carbocycles. The lowest BCUT2D eigenvalue weighted by molar-refractivity contribution is 0.347. The molecule has 0 saturated heterocycles. The Morgan fingerprint density at radius 3 is 2.80 bits per heavy atom. The third-order valence-corrected chi connectivity index (χ3v) is 1.95. The molecule has 0 bridgehead atoms. The van der Waals surface area contributed by atoms with Crippen LogP contribution in [0.15, 0.2) is 4.79 Å². The van der Waals surface area contributed by atoms with E-state index in [1.54, 1.807) is 0 Å². The van der Waals surface area contributed by atoms with Crippen LogP contribution in [-0.4, -0.2) is 11.6 Å². The minimum absolute atomic E-state index is 0.0547. The summed E-state index contributed by atoms with van der Waals surface area (Å²) < 4.78 is 5.14. The van der Waals surface area contributed by atoms with Gasteiger partial charge in [-0.15, -0.1) is 0 Å². The van der Waals surface area contributed by atoms with Crippen molar-refractivity contribution in [3.8, 4) is 5.06 Å². The molecule has 1 rings (SSSR count). The van der Waals surface area contributed by atoms with E-state index in [1.807, 2.05) is 13.8 Å². The molecule has 0 fully saturated rings. The van der Waals surface area contributed by atoms with Crippen molar-refractivity contribution in [2.45, 2.75) is 13.8 Å². The predicted octanol–water partition coefficient (Wildman–Crippen LogP) is 1.14. The van der Waals surface area contributed by atoms with E-state index in [2.05, 4.69) is 4.98 Å². The molecule has 0 aliphatic heterocycles. The summed E-state index contributed by atoms with van der Waals surface area (Å²) in [6, 6.07) is 0. The van der Waals surface area contributed by atoms with E-state index in [-0.39, 0.29) is 4.87 Å². The normalized spacial score (nSPS) is 9.80. The molecule has 4 heteroatoms.